The van der Waals surface area contributed by atoms with Crippen LogP contribution in [0.5, 0.6) is 5.75 Å². The first-order valence-corrected chi connectivity index (χ1v) is 9.63. The molecule has 0 radical (unpaired) electrons. The lowest BCUT2D eigenvalue weighted by atomic mass is 10.3. The molecule has 1 saturated heterocycles. The van der Waals surface area contributed by atoms with E-state index in [-0.39, 0.29) is 31.3 Å². The Labute approximate surface area is 147 Å². The summed E-state index contributed by atoms with van der Waals surface area (Å²) in [5.41, 5.74) is 0. The lowest BCUT2D eigenvalue weighted by molar-refractivity contribution is -0.166. The molecule has 0 saturated carbocycles. The van der Waals surface area contributed by atoms with Crippen LogP contribution >= 0.6 is 7.75 Å². The highest BCUT2D eigenvalue weighted by Gasteiger charge is 2.40. The van der Waals surface area contributed by atoms with E-state index in [1.54, 1.807) is 37.3 Å². The Hall–Kier alpha value is -1.73. The van der Waals surface area contributed by atoms with Crippen molar-refractivity contribution < 1.29 is 28.0 Å². The van der Waals surface area contributed by atoms with Crippen molar-refractivity contribution in [2.75, 3.05) is 6.61 Å². The van der Waals surface area contributed by atoms with Gasteiger partial charge in [0, 0.05) is 18.9 Å². The van der Waals surface area contributed by atoms with Crippen molar-refractivity contribution in [1.82, 2.24) is 10.2 Å². The Morgan fingerprint density at radius 2 is 1.72 bits per heavy atom. The van der Waals surface area contributed by atoms with Crippen LogP contribution in [-0.2, 0) is 23.5 Å². The Bertz CT molecular complexity index is 635. The van der Waals surface area contributed by atoms with Crippen LogP contribution in [0, 0.1) is 0 Å². The smallest absolute Gasteiger partial charge is 0.412 e. The van der Waals surface area contributed by atoms with Crippen LogP contribution in [0.4, 0.5) is 0 Å². The first kappa shape index (κ1) is 19.6. The minimum Gasteiger partial charge on any atom is -0.412 e. The lowest BCUT2D eigenvalue weighted by Gasteiger charge is -2.26. The summed E-state index contributed by atoms with van der Waals surface area (Å²) < 4.78 is 29.3. The van der Waals surface area contributed by atoms with E-state index >= 15 is 0 Å². The number of nitrogens with zero attached hydrogens (tertiary/aromatic N) is 1. The number of nitrogens with one attached hydrogen (secondary N) is 1. The molecule has 25 heavy (non-hydrogen) atoms. The molecule has 1 fully saturated rings. The summed E-state index contributed by atoms with van der Waals surface area (Å²) in [6.07, 6.45) is 0.0492. The third-order valence-corrected chi connectivity index (χ3v) is 4.81. The fraction of sp³-hybridized carbons (Fsp3) is 0.500. The molecule has 9 heteroatoms. The molecule has 138 valence electrons. The number of para-hydroxylation sites is 1. The Morgan fingerprint density at radius 3 is 2.28 bits per heavy atom. The van der Waals surface area contributed by atoms with E-state index in [4.69, 9.17) is 13.9 Å². The van der Waals surface area contributed by atoms with E-state index < -0.39 is 25.6 Å². The van der Waals surface area contributed by atoms with Crippen LogP contribution in [0.2, 0.25) is 0 Å². The second-order valence-corrected chi connectivity index (χ2v) is 7.58. The van der Waals surface area contributed by atoms with Gasteiger partial charge in [-0.2, -0.15) is 4.62 Å². The van der Waals surface area contributed by atoms with Crippen LogP contribution < -0.4 is 9.61 Å². The average molecular weight is 370 g/mol. The largest absolute Gasteiger partial charge is 0.481 e. The maximum Gasteiger partial charge on any atom is 0.481 e. The van der Waals surface area contributed by atoms with Gasteiger partial charge in [-0.05, 0) is 32.9 Å². The van der Waals surface area contributed by atoms with Gasteiger partial charge in [0.25, 0.3) is 11.8 Å². The molecule has 2 atom stereocenters. The maximum absolute atomic E-state index is 13.1. The van der Waals surface area contributed by atoms with E-state index in [1.807, 2.05) is 13.8 Å². The van der Waals surface area contributed by atoms with Gasteiger partial charge >= 0.3 is 7.75 Å². The number of carbonyl (C=O) groups is 2. The molecule has 0 aromatic heterocycles. The minimum absolute atomic E-state index is 0.00123. The Morgan fingerprint density at radius 1 is 1.12 bits per heavy atom. The van der Waals surface area contributed by atoms with Crippen molar-refractivity contribution in [2.45, 2.75) is 45.8 Å². The van der Waals surface area contributed by atoms with Gasteiger partial charge in [-0.15, -0.1) is 5.06 Å². The lowest BCUT2D eigenvalue weighted by Crippen LogP contribution is -2.36. The van der Waals surface area contributed by atoms with E-state index in [9.17, 15) is 14.2 Å². The average Bonchev–Trinajstić information content (AvgIpc) is 2.85. The number of carbonyl (C=O) groups excluding carboxylic acids is 2. The minimum atomic E-state index is -4.03. The van der Waals surface area contributed by atoms with Crippen molar-refractivity contribution in [3.63, 3.8) is 0 Å². The SMILES string of the molecule is CC(C)OC[C@H](C)N[P@@](=O)(Oc1ccccc1)ON1C(=O)CCC1=O. The molecule has 0 spiro atoms. The number of hydrogen-bond donors (Lipinski definition) is 1. The predicted molar refractivity (Wildman–Crippen MR) is 90.5 cm³/mol. The fourth-order valence-corrected chi connectivity index (χ4v) is 3.63. The zero-order chi connectivity index (χ0) is 18.4. The number of amides is 2. The zero-order valence-electron chi connectivity index (χ0n) is 14.5. The van der Waals surface area contributed by atoms with Crippen LogP contribution in [0.25, 0.3) is 0 Å². The number of hydroxylamine groups is 2. The normalized spacial score (nSPS) is 18.5. The standard InChI is InChI=1S/C16H23N2O6P/c1-12(2)22-11-13(3)17-25(21,23-14-7-5-4-6-8-14)24-18-15(19)9-10-16(18)20/h4-8,12-13H,9-11H2,1-3H3,(H,17,21)/t13-,25+/m0/s1. The van der Waals surface area contributed by atoms with Crippen molar-refractivity contribution in [1.29, 1.82) is 0 Å². The molecule has 0 aliphatic carbocycles. The highest BCUT2D eigenvalue weighted by molar-refractivity contribution is 7.52. The van der Waals surface area contributed by atoms with Crippen LogP contribution in [0.15, 0.2) is 30.3 Å². The molecular weight excluding hydrogens is 347 g/mol. The molecule has 1 heterocycles. The summed E-state index contributed by atoms with van der Waals surface area (Å²) in [4.78, 5) is 23.5. The summed E-state index contributed by atoms with van der Waals surface area (Å²) in [6.45, 7) is 5.75. The molecule has 1 aromatic carbocycles. The molecule has 8 nitrogen and oxygen atoms in total. The number of hydrogen-bond acceptors (Lipinski definition) is 6. The van der Waals surface area contributed by atoms with Gasteiger partial charge in [-0.1, -0.05) is 18.2 Å². The third-order valence-electron chi connectivity index (χ3n) is 3.22. The molecule has 0 bridgehead atoms. The van der Waals surface area contributed by atoms with Gasteiger partial charge in [-0.25, -0.2) is 9.65 Å². The first-order chi connectivity index (χ1) is 11.8. The van der Waals surface area contributed by atoms with Crippen molar-refractivity contribution in [2.24, 2.45) is 0 Å². The third kappa shape index (κ3) is 5.93. The molecule has 1 aliphatic heterocycles. The van der Waals surface area contributed by atoms with Crippen LogP contribution in [-0.4, -0.2) is 35.6 Å². The highest BCUT2D eigenvalue weighted by atomic mass is 31.2. The van der Waals surface area contributed by atoms with Gasteiger partial charge in [-0.3, -0.25) is 9.59 Å². The molecular formula is C16H23N2O6P. The molecule has 2 rings (SSSR count). The summed E-state index contributed by atoms with van der Waals surface area (Å²) >= 11 is 0. The summed E-state index contributed by atoms with van der Waals surface area (Å²) in [7, 11) is -4.03. The maximum atomic E-state index is 13.1. The predicted octanol–water partition coefficient (Wildman–Crippen LogP) is 2.66. The first-order valence-electron chi connectivity index (χ1n) is 8.08. The number of rotatable bonds is 9. The van der Waals surface area contributed by atoms with Crippen molar-refractivity contribution in [3.05, 3.63) is 30.3 Å². The van der Waals surface area contributed by atoms with Crippen molar-refractivity contribution >= 4 is 19.6 Å². The second-order valence-electron chi connectivity index (χ2n) is 5.98. The second kappa shape index (κ2) is 8.58. The number of imide groups is 1. The van der Waals surface area contributed by atoms with E-state index in [0.717, 1.165) is 0 Å². The Kier molecular flexibility index (Phi) is 6.72. The monoisotopic (exact) mass is 370 g/mol. The molecule has 1 aromatic rings. The van der Waals surface area contributed by atoms with E-state index in [2.05, 4.69) is 5.09 Å². The van der Waals surface area contributed by atoms with Crippen LogP contribution in [0.3, 0.4) is 0 Å². The van der Waals surface area contributed by atoms with Gasteiger partial charge in [0.15, 0.2) is 0 Å². The molecule has 1 aliphatic rings. The highest BCUT2D eigenvalue weighted by Crippen LogP contribution is 2.46. The summed E-state index contributed by atoms with van der Waals surface area (Å²) in [5.74, 6) is -0.807. The fourth-order valence-electron chi connectivity index (χ4n) is 2.09. The number of benzene rings is 1. The molecule has 1 N–H and O–H groups in total. The Balaban J connectivity index is 2.13. The van der Waals surface area contributed by atoms with Gasteiger partial charge in [0.2, 0.25) is 0 Å². The van der Waals surface area contributed by atoms with Gasteiger partial charge < -0.3 is 9.26 Å². The van der Waals surface area contributed by atoms with E-state index in [1.165, 1.54) is 0 Å². The summed E-state index contributed by atoms with van der Waals surface area (Å²) in [5, 5.41) is 3.23. The summed E-state index contributed by atoms with van der Waals surface area (Å²) in [6, 6.07) is 7.98. The van der Waals surface area contributed by atoms with E-state index in [0.29, 0.717) is 5.06 Å². The van der Waals surface area contributed by atoms with Crippen molar-refractivity contribution in [3.8, 4) is 5.75 Å². The molecule has 2 amide bonds. The van der Waals surface area contributed by atoms with Crippen LogP contribution in [0.1, 0.15) is 33.6 Å². The molecule has 0 unspecified atom stereocenters. The zero-order valence-corrected chi connectivity index (χ0v) is 15.4. The number of ether oxygens (including phenoxy) is 1. The van der Waals surface area contributed by atoms with Gasteiger partial charge in [0.1, 0.15) is 5.75 Å². The quantitative estimate of drug-likeness (QED) is 0.527. The van der Waals surface area contributed by atoms with Gasteiger partial charge in [0.05, 0.1) is 12.7 Å². The topological polar surface area (TPSA) is 94.2 Å².